The number of hydrogen-bond acceptors (Lipinski definition) is 3. The van der Waals surface area contributed by atoms with Crippen LogP contribution in [0.3, 0.4) is 0 Å². The molecular weight excluding hydrogens is 805 g/mol. The van der Waals surface area contributed by atoms with Crippen molar-refractivity contribution in [1.82, 2.24) is 9.13 Å². The first kappa shape index (κ1) is 35.7. The summed E-state index contributed by atoms with van der Waals surface area (Å²) in [7, 11) is 0. The normalized spacial score (nSPS) is 11.9. The van der Waals surface area contributed by atoms with Crippen molar-refractivity contribution in [2.45, 2.75) is 6.92 Å². The molecular formula is C57H32N4S2. The van der Waals surface area contributed by atoms with Crippen molar-refractivity contribution in [3.05, 3.63) is 198 Å². The summed E-state index contributed by atoms with van der Waals surface area (Å²) in [6, 6.07) is 64.7. The summed E-state index contributed by atoms with van der Waals surface area (Å²) in [4.78, 5) is 4.60. The van der Waals surface area contributed by atoms with Crippen molar-refractivity contribution in [2.75, 3.05) is 0 Å². The highest BCUT2D eigenvalue weighted by Crippen LogP contribution is 2.55. The zero-order valence-corrected chi connectivity index (χ0v) is 35.5. The minimum Gasteiger partial charge on any atom is -0.316 e. The molecule has 6 heteroatoms. The third kappa shape index (κ3) is 4.88. The number of aryl methyl sites for hydroxylation is 1. The molecule has 0 fully saturated rings. The van der Waals surface area contributed by atoms with Gasteiger partial charge in [-0.15, -0.1) is 22.7 Å². The Morgan fingerprint density at radius 3 is 1.54 bits per heavy atom. The van der Waals surface area contributed by atoms with Crippen LogP contribution in [0.1, 0.15) is 11.1 Å². The molecule has 0 spiro atoms. The molecule has 63 heavy (non-hydrogen) atoms. The molecule has 4 aromatic heterocycles. The Bertz CT molecular complexity index is 4040. The molecule has 0 radical (unpaired) electrons. The molecule has 13 rings (SSSR count). The fraction of sp³-hybridized carbons (Fsp3) is 0.0175. The zero-order valence-electron chi connectivity index (χ0n) is 33.8. The van der Waals surface area contributed by atoms with Gasteiger partial charge in [-0.3, -0.25) is 0 Å². The molecule has 0 saturated carbocycles. The van der Waals surface area contributed by atoms with Crippen molar-refractivity contribution in [3.63, 3.8) is 0 Å². The first-order valence-corrected chi connectivity index (χ1v) is 22.6. The van der Waals surface area contributed by atoms with Crippen LogP contribution in [0.5, 0.6) is 0 Å². The number of thiophene rings is 2. The number of aromatic nitrogens is 2. The first-order chi connectivity index (χ1) is 31.1. The van der Waals surface area contributed by atoms with E-state index in [9.17, 15) is 11.8 Å². The van der Waals surface area contributed by atoms with Crippen LogP contribution in [0, 0.1) is 24.8 Å². The lowest BCUT2D eigenvalue weighted by Gasteiger charge is -2.26. The topological polar surface area (TPSA) is 38.0 Å². The Kier molecular flexibility index (Phi) is 7.66. The maximum absolute atomic E-state index is 11.8. The van der Waals surface area contributed by atoms with Crippen LogP contribution in [0.15, 0.2) is 176 Å². The molecule has 0 aliphatic heterocycles. The van der Waals surface area contributed by atoms with E-state index in [0.717, 1.165) is 86.6 Å². The van der Waals surface area contributed by atoms with E-state index in [-0.39, 0.29) is 0 Å². The van der Waals surface area contributed by atoms with Gasteiger partial charge in [0.15, 0.2) is 0 Å². The molecule has 0 aliphatic carbocycles. The number of benzene rings is 9. The Hall–Kier alpha value is -8.00. The lowest BCUT2D eigenvalue weighted by Crippen LogP contribution is -2.09. The minimum atomic E-state index is 0.438. The highest BCUT2D eigenvalue weighted by atomic mass is 32.1. The molecule has 13 aromatic rings. The van der Waals surface area contributed by atoms with Gasteiger partial charge in [-0.05, 0) is 41.8 Å². The van der Waals surface area contributed by atoms with Crippen LogP contribution < -0.4 is 0 Å². The van der Waals surface area contributed by atoms with Crippen LogP contribution >= 0.6 is 22.7 Å². The molecule has 0 unspecified atom stereocenters. The molecule has 0 bridgehead atoms. The van der Waals surface area contributed by atoms with Gasteiger partial charge in [0.2, 0.25) is 5.69 Å². The Morgan fingerprint density at radius 1 is 0.460 bits per heavy atom. The average Bonchev–Trinajstić information content (AvgIpc) is 4.09. The maximum atomic E-state index is 11.8. The molecule has 292 valence electrons. The van der Waals surface area contributed by atoms with Gasteiger partial charge in [0.25, 0.3) is 0 Å². The summed E-state index contributed by atoms with van der Waals surface area (Å²) in [6.45, 7) is 11.5. The van der Waals surface area contributed by atoms with Crippen LogP contribution in [0.4, 0.5) is 5.69 Å². The van der Waals surface area contributed by atoms with Gasteiger partial charge < -0.3 is 9.13 Å². The second-order valence-corrected chi connectivity index (χ2v) is 18.3. The Labute approximate surface area is 369 Å². The van der Waals surface area contributed by atoms with Gasteiger partial charge >= 0.3 is 0 Å². The fourth-order valence-corrected chi connectivity index (χ4v) is 12.8. The van der Waals surface area contributed by atoms with Crippen LogP contribution in [0.2, 0.25) is 0 Å². The van der Waals surface area contributed by atoms with Gasteiger partial charge in [0.05, 0.1) is 55.0 Å². The highest BCUT2D eigenvalue weighted by molar-refractivity contribution is 7.27. The molecule has 4 nitrogen and oxygen atoms in total. The van der Waals surface area contributed by atoms with Crippen molar-refractivity contribution >= 4 is 112 Å². The van der Waals surface area contributed by atoms with Crippen molar-refractivity contribution in [3.8, 4) is 39.7 Å². The predicted molar refractivity (Wildman–Crippen MR) is 267 cm³/mol. The Morgan fingerprint density at radius 2 is 0.952 bits per heavy atom. The quantitative estimate of drug-likeness (QED) is 0.163. The molecule has 0 amide bonds. The summed E-state index contributed by atoms with van der Waals surface area (Å²) < 4.78 is 9.51. The number of hydrogen-bond donors (Lipinski definition) is 0. The number of para-hydroxylation sites is 2. The van der Waals surface area contributed by atoms with Crippen LogP contribution in [0.25, 0.3) is 122 Å². The average molecular weight is 837 g/mol. The lowest BCUT2D eigenvalue weighted by molar-refractivity contribution is 1.13. The van der Waals surface area contributed by atoms with E-state index >= 15 is 0 Å². The van der Waals surface area contributed by atoms with E-state index in [4.69, 9.17) is 0 Å². The zero-order chi connectivity index (χ0) is 41.9. The van der Waals surface area contributed by atoms with Crippen LogP contribution in [-0.4, -0.2) is 9.13 Å². The monoisotopic (exact) mass is 836 g/mol. The lowest BCUT2D eigenvalue weighted by atomic mass is 9.88. The maximum Gasteiger partial charge on any atom is 0.220 e. The second kappa shape index (κ2) is 13.5. The first-order valence-electron chi connectivity index (χ1n) is 20.9. The largest absolute Gasteiger partial charge is 0.316 e. The smallest absolute Gasteiger partial charge is 0.220 e. The van der Waals surface area contributed by atoms with Crippen molar-refractivity contribution in [1.29, 1.82) is 5.26 Å². The van der Waals surface area contributed by atoms with Gasteiger partial charge in [-0.2, -0.15) is 5.26 Å². The molecule has 0 aliphatic rings. The molecule has 0 atom stereocenters. The second-order valence-electron chi connectivity index (χ2n) is 16.2. The summed E-state index contributed by atoms with van der Waals surface area (Å²) >= 11 is 3.61. The molecule has 0 N–H and O–H groups in total. The van der Waals surface area contributed by atoms with Gasteiger partial charge in [0.1, 0.15) is 6.07 Å². The SMILES string of the molecule is [C-]#[N+]c1c(-c2ccccc2)c(C#N)c(-n2c3ccccc3c3cccc(C)c32)c(-c2ccccc2)c1-n1c2c(ccc3c4ccccc4sc32)c2ccc3c4ccccc4sc3c21. The third-order valence-corrected chi connectivity index (χ3v) is 15.3. The third-order valence-electron chi connectivity index (χ3n) is 12.9. The predicted octanol–water partition coefficient (Wildman–Crippen LogP) is 16.7. The van der Waals surface area contributed by atoms with Crippen LogP contribution in [-0.2, 0) is 0 Å². The van der Waals surface area contributed by atoms with Gasteiger partial charge in [0, 0.05) is 63.6 Å². The van der Waals surface area contributed by atoms with Crippen molar-refractivity contribution < 1.29 is 0 Å². The van der Waals surface area contributed by atoms with E-state index in [2.05, 4.69) is 166 Å². The Balaban J connectivity index is 1.38. The fourth-order valence-electron chi connectivity index (χ4n) is 10.3. The molecule has 9 aromatic carbocycles. The highest BCUT2D eigenvalue weighted by Gasteiger charge is 2.33. The van der Waals surface area contributed by atoms with Gasteiger partial charge in [-0.25, -0.2) is 4.85 Å². The number of nitriles is 1. The van der Waals surface area contributed by atoms with E-state index in [0.29, 0.717) is 16.8 Å². The summed E-state index contributed by atoms with van der Waals surface area (Å²) in [6.07, 6.45) is 0. The minimum absolute atomic E-state index is 0.438. The number of rotatable bonds is 4. The molecule has 0 saturated heterocycles. The number of nitrogens with zero attached hydrogens (tertiary/aromatic N) is 4. The summed E-state index contributed by atoms with van der Waals surface area (Å²) in [5, 5.41) is 21.1. The van der Waals surface area contributed by atoms with E-state index in [1.165, 1.54) is 30.9 Å². The van der Waals surface area contributed by atoms with E-state index in [1.54, 1.807) is 22.7 Å². The van der Waals surface area contributed by atoms with Crippen molar-refractivity contribution in [2.24, 2.45) is 0 Å². The van der Waals surface area contributed by atoms with E-state index < -0.39 is 0 Å². The summed E-state index contributed by atoms with van der Waals surface area (Å²) in [5.74, 6) is 0. The molecule has 4 heterocycles. The standard InChI is InChI=1S/C57H32N4S2/c1-33-16-15-24-39-36-21-9-12-25-45(36)60(51(33)39)52-44(32-58)48(34-17-5-3-6-18-34)50(59-2)55(49(52)35-19-7-4-8-20-35)61-53-40(28-30-42-37-22-10-13-26-46(37)62-56(42)53)41-29-31-43-38-23-11-14-27-47(38)63-57(43)54(41)61/h3-31H,1H3. The van der Waals surface area contributed by atoms with E-state index in [1.807, 2.05) is 36.4 Å². The van der Waals surface area contributed by atoms with Gasteiger partial charge in [-0.1, -0.05) is 158 Å². The summed E-state index contributed by atoms with van der Waals surface area (Å²) in [5.41, 5.74) is 10.9. The number of fused-ring (bicyclic) bond motifs is 14.